The maximum Gasteiger partial charge on any atom is 0.317 e. The van der Waals surface area contributed by atoms with Crippen LogP contribution in [0.4, 0.5) is 4.79 Å². The van der Waals surface area contributed by atoms with Crippen LogP contribution in [-0.2, 0) is 0 Å². The lowest BCUT2D eigenvalue weighted by Gasteiger charge is -2.39. The number of urea groups is 1. The van der Waals surface area contributed by atoms with Crippen LogP contribution >= 0.6 is 0 Å². The number of likely N-dealkylation sites (tertiary alicyclic amines) is 1. The number of piperidine rings is 1. The van der Waals surface area contributed by atoms with Crippen LogP contribution in [0.3, 0.4) is 0 Å². The number of amides is 2. The van der Waals surface area contributed by atoms with Crippen molar-refractivity contribution in [1.82, 2.24) is 10.2 Å². The molecule has 0 aromatic rings. The molecule has 0 aromatic carbocycles. The highest BCUT2D eigenvalue weighted by atomic mass is 16.2. The normalized spacial score (nSPS) is 28.4. The van der Waals surface area contributed by atoms with Gasteiger partial charge in [-0.2, -0.15) is 0 Å². The second kappa shape index (κ2) is 4.62. The molecule has 1 aliphatic carbocycles. The third-order valence-corrected chi connectivity index (χ3v) is 3.89. The largest absolute Gasteiger partial charge is 0.336 e. The van der Waals surface area contributed by atoms with Gasteiger partial charge in [-0.1, -0.05) is 6.92 Å². The summed E-state index contributed by atoms with van der Waals surface area (Å²) in [5.41, 5.74) is 5.96. The predicted octanol–water partition coefficient (Wildman–Crippen LogP) is 1.31. The SMILES string of the molecule is CC1CCCN(C(=O)NCC2(N)CCC2)C1. The van der Waals surface area contributed by atoms with E-state index in [-0.39, 0.29) is 11.6 Å². The molecule has 1 unspecified atom stereocenters. The molecule has 3 N–H and O–H groups in total. The first-order valence-corrected chi connectivity index (χ1v) is 6.41. The van der Waals surface area contributed by atoms with Crippen LogP contribution in [0.25, 0.3) is 0 Å². The molecule has 4 nitrogen and oxygen atoms in total. The summed E-state index contributed by atoms with van der Waals surface area (Å²) in [6.07, 6.45) is 5.66. The predicted molar refractivity (Wildman–Crippen MR) is 64.1 cm³/mol. The van der Waals surface area contributed by atoms with Crippen LogP contribution in [0.15, 0.2) is 0 Å². The monoisotopic (exact) mass is 225 g/mol. The number of hydrogen-bond acceptors (Lipinski definition) is 2. The molecule has 4 heteroatoms. The van der Waals surface area contributed by atoms with E-state index >= 15 is 0 Å². The number of rotatable bonds is 2. The van der Waals surface area contributed by atoms with E-state index in [9.17, 15) is 4.79 Å². The molecule has 0 aromatic heterocycles. The van der Waals surface area contributed by atoms with E-state index in [0.717, 1.165) is 32.4 Å². The first-order valence-electron chi connectivity index (χ1n) is 6.41. The summed E-state index contributed by atoms with van der Waals surface area (Å²) < 4.78 is 0. The summed E-state index contributed by atoms with van der Waals surface area (Å²) in [5, 5.41) is 2.98. The van der Waals surface area contributed by atoms with Crippen molar-refractivity contribution in [3.63, 3.8) is 0 Å². The van der Waals surface area contributed by atoms with Crippen LogP contribution in [0.5, 0.6) is 0 Å². The minimum absolute atomic E-state index is 0.0725. The van der Waals surface area contributed by atoms with E-state index in [0.29, 0.717) is 12.5 Å². The minimum atomic E-state index is -0.114. The quantitative estimate of drug-likeness (QED) is 0.744. The summed E-state index contributed by atoms with van der Waals surface area (Å²) in [4.78, 5) is 13.8. The van der Waals surface area contributed by atoms with Crippen molar-refractivity contribution < 1.29 is 4.79 Å². The van der Waals surface area contributed by atoms with Gasteiger partial charge in [0.05, 0.1) is 0 Å². The second-order valence-corrected chi connectivity index (χ2v) is 5.57. The molecule has 1 aliphatic heterocycles. The molecular weight excluding hydrogens is 202 g/mol. The summed E-state index contributed by atoms with van der Waals surface area (Å²) in [6, 6.07) is 0.0725. The van der Waals surface area contributed by atoms with E-state index in [1.165, 1.54) is 12.8 Å². The fourth-order valence-electron chi connectivity index (χ4n) is 2.54. The first kappa shape index (κ1) is 11.7. The molecule has 92 valence electrons. The molecule has 2 fully saturated rings. The van der Waals surface area contributed by atoms with Gasteiger partial charge in [0.2, 0.25) is 0 Å². The first-order chi connectivity index (χ1) is 7.59. The molecule has 1 saturated carbocycles. The van der Waals surface area contributed by atoms with Gasteiger partial charge in [-0.05, 0) is 38.0 Å². The lowest BCUT2D eigenvalue weighted by molar-refractivity contribution is 0.161. The minimum Gasteiger partial charge on any atom is -0.336 e. The van der Waals surface area contributed by atoms with E-state index in [4.69, 9.17) is 5.73 Å². The molecule has 1 saturated heterocycles. The van der Waals surface area contributed by atoms with Gasteiger partial charge in [-0.15, -0.1) is 0 Å². The van der Waals surface area contributed by atoms with Gasteiger partial charge in [0.25, 0.3) is 0 Å². The zero-order chi connectivity index (χ0) is 11.6. The van der Waals surface area contributed by atoms with Gasteiger partial charge < -0.3 is 16.0 Å². The maximum atomic E-state index is 11.9. The highest BCUT2D eigenvalue weighted by Gasteiger charge is 2.33. The van der Waals surface area contributed by atoms with Gasteiger partial charge in [0.15, 0.2) is 0 Å². The Balaban J connectivity index is 1.74. The molecule has 2 amide bonds. The zero-order valence-corrected chi connectivity index (χ0v) is 10.2. The van der Waals surface area contributed by atoms with Crippen molar-refractivity contribution in [3.8, 4) is 0 Å². The van der Waals surface area contributed by atoms with E-state index < -0.39 is 0 Å². The number of nitrogens with one attached hydrogen (secondary N) is 1. The van der Waals surface area contributed by atoms with E-state index in [1.54, 1.807) is 0 Å². The number of nitrogens with two attached hydrogens (primary N) is 1. The van der Waals surface area contributed by atoms with Crippen molar-refractivity contribution in [2.24, 2.45) is 11.7 Å². The van der Waals surface area contributed by atoms with Gasteiger partial charge >= 0.3 is 6.03 Å². The van der Waals surface area contributed by atoms with Gasteiger partial charge in [-0.25, -0.2) is 4.79 Å². The summed E-state index contributed by atoms with van der Waals surface area (Å²) in [6.45, 7) is 4.63. The standard InChI is InChI=1S/C12H23N3O/c1-10-4-2-7-15(8-10)11(16)14-9-12(13)5-3-6-12/h10H,2-9,13H2,1H3,(H,14,16). The Hall–Kier alpha value is -0.770. The van der Waals surface area contributed by atoms with Crippen molar-refractivity contribution in [2.75, 3.05) is 19.6 Å². The Kier molecular flexibility index (Phi) is 3.38. The highest BCUT2D eigenvalue weighted by molar-refractivity contribution is 5.74. The highest BCUT2D eigenvalue weighted by Crippen LogP contribution is 2.28. The average Bonchev–Trinajstić information content (AvgIpc) is 2.23. The lowest BCUT2D eigenvalue weighted by Crippen LogP contribution is -2.57. The third-order valence-electron chi connectivity index (χ3n) is 3.89. The molecule has 0 bridgehead atoms. The molecule has 2 rings (SSSR count). The third kappa shape index (κ3) is 2.67. The molecule has 1 heterocycles. The topological polar surface area (TPSA) is 58.4 Å². The summed E-state index contributed by atoms with van der Waals surface area (Å²) >= 11 is 0. The summed E-state index contributed by atoms with van der Waals surface area (Å²) in [7, 11) is 0. The zero-order valence-electron chi connectivity index (χ0n) is 10.2. The average molecular weight is 225 g/mol. The maximum absolute atomic E-state index is 11.9. The molecule has 16 heavy (non-hydrogen) atoms. The molecule has 2 aliphatic rings. The summed E-state index contributed by atoms with van der Waals surface area (Å²) in [5.74, 6) is 0.634. The smallest absolute Gasteiger partial charge is 0.317 e. The molecule has 0 radical (unpaired) electrons. The molecule has 1 atom stereocenters. The number of carbonyl (C=O) groups excluding carboxylic acids is 1. The van der Waals surface area contributed by atoms with Crippen LogP contribution in [0.2, 0.25) is 0 Å². The Labute approximate surface area is 97.6 Å². The van der Waals surface area contributed by atoms with Gasteiger partial charge in [0, 0.05) is 25.2 Å². The van der Waals surface area contributed by atoms with Crippen molar-refractivity contribution in [2.45, 2.75) is 44.6 Å². The van der Waals surface area contributed by atoms with Crippen LogP contribution in [0.1, 0.15) is 39.0 Å². The van der Waals surface area contributed by atoms with Gasteiger partial charge in [0.1, 0.15) is 0 Å². The van der Waals surface area contributed by atoms with Crippen molar-refractivity contribution in [1.29, 1.82) is 0 Å². The Morgan fingerprint density at radius 2 is 2.25 bits per heavy atom. The fraction of sp³-hybridized carbons (Fsp3) is 0.917. The molecule has 0 spiro atoms. The second-order valence-electron chi connectivity index (χ2n) is 5.57. The number of carbonyl (C=O) groups is 1. The van der Waals surface area contributed by atoms with Crippen LogP contribution < -0.4 is 11.1 Å². The van der Waals surface area contributed by atoms with Crippen molar-refractivity contribution >= 4 is 6.03 Å². The van der Waals surface area contributed by atoms with E-state index in [2.05, 4.69) is 12.2 Å². The Morgan fingerprint density at radius 3 is 2.81 bits per heavy atom. The number of hydrogen-bond donors (Lipinski definition) is 2. The van der Waals surface area contributed by atoms with Gasteiger partial charge in [-0.3, -0.25) is 0 Å². The number of nitrogens with zero attached hydrogens (tertiary/aromatic N) is 1. The van der Waals surface area contributed by atoms with Crippen molar-refractivity contribution in [3.05, 3.63) is 0 Å². The Bertz CT molecular complexity index is 263. The molecular formula is C12H23N3O. The van der Waals surface area contributed by atoms with Crippen LogP contribution in [-0.4, -0.2) is 36.1 Å². The fourth-order valence-corrected chi connectivity index (χ4v) is 2.54. The van der Waals surface area contributed by atoms with E-state index in [1.807, 2.05) is 4.90 Å². The Morgan fingerprint density at radius 1 is 1.50 bits per heavy atom. The lowest BCUT2D eigenvalue weighted by atomic mass is 9.78. The van der Waals surface area contributed by atoms with Crippen LogP contribution in [0, 0.1) is 5.92 Å².